The van der Waals surface area contributed by atoms with Crippen LogP contribution in [0.2, 0.25) is 0 Å². The molecule has 1 aromatic heterocycles. The third kappa shape index (κ3) is 3.17. The van der Waals surface area contributed by atoms with Gasteiger partial charge in [-0.3, -0.25) is 4.79 Å². The molecule has 0 saturated heterocycles. The fraction of sp³-hybridized carbons (Fsp3) is 0.214. The van der Waals surface area contributed by atoms with Crippen molar-refractivity contribution in [2.24, 2.45) is 0 Å². The van der Waals surface area contributed by atoms with Gasteiger partial charge in [0.2, 0.25) is 0 Å². The molecule has 1 amide bonds. The number of H-pyrrole nitrogens is 1. The van der Waals surface area contributed by atoms with Crippen LogP contribution in [0.25, 0.3) is 0 Å². The van der Waals surface area contributed by atoms with Gasteiger partial charge in [0.1, 0.15) is 5.69 Å². The van der Waals surface area contributed by atoms with Crippen LogP contribution in [-0.4, -0.2) is 25.0 Å². The van der Waals surface area contributed by atoms with Gasteiger partial charge in [-0.05, 0) is 52.7 Å². The van der Waals surface area contributed by atoms with Crippen LogP contribution in [0.4, 0.5) is 11.4 Å². The summed E-state index contributed by atoms with van der Waals surface area (Å²) in [6, 6.07) is 7.69. The van der Waals surface area contributed by atoms with E-state index in [9.17, 15) is 4.79 Å². The Labute approximate surface area is 120 Å². The van der Waals surface area contributed by atoms with Crippen LogP contribution in [0.15, 0.2) is 34.9 Å². The fourth-order valence-electron chi connectivity index (χ4n) is 1.75. The maximum Gasteiger partial charge on any atom is 0.272 e. The molecule has 0 saturated carbocycles. The summed E-state index contributed by atoms with van der Waals surface area (Å²) in [5.41, 5.74) is 3.49. The van der Waals surface area contributed by atoms with Gasteiger partial charge < -0.3 is 15.2 Å². The molecule has 2 aromatic rings. The van der Waals surface area contributed by atoms with Crippen LogP contribution >= 0.6 is 15.9 Å². The summed E-state index contributed by atoms with van der Waals surface area (Å²) in [5, 5.41) is 2.90. The van der Waals surface area contributed by atoms with Gasteiger partial charge in [0.25, 0.3) is 5.91 Å². The summed E-state index contributed by atoms with van der Waals surface area (Å²) in [6.07, 6.45) is 1.73. The minimum absolute atomic E-state index is 0.147. The number of hydrogen-bond acceptors (Lipinski definition) is 2. The van der Waals surface area contributed by atoms with E-state index >= 15 is 0 Å². The number of carbonyl (C=O) groups is 1. The summed E-state index contributed by atoms with van der Waals surface area (Å²) >= 11 is 3.31. The van der Waals surface area contributed by atoms with E-state index in [1.807, 2.05) is 44.1 Å². The predicted molar refractivity (Wildman–Crippen MR) is 82.0 cm³/mol. The Hall–Kier alpha value is -1.75. The zero-order valence-corrected chi connectivity index (χ0v) is 12.7. The number of nitrogens with zero attached hydrogens (tertiary/aromatic N) is 1. The molecule has 0 aliphatic carbocycles. The van der Waals surface area contributed by atoms with Crippen LogP contribution < -0.4 is 10.2 Å². The lowest BCUT2D eigenvalue weighted by molar-refractivity contribution is 0.102. The molecular weight excluding hydrogens is 306 g/mol. The summed E-state index contributed by atoms with van der Waals surface area (Å²) in [5.74, 6) is -0.147. The van der Waals surface area contributed by atoms with Crippen molar-refractivity contribution >= 4 is 33.2 Å². The second kappa shape index (κ2) is 5.48. The van der Waals surface area contributed by atoms with Crippen LogP contribution in [0.3, 0.4) is 0 Å². The zero-order chi connectivity index (χ0) is 14.0. The van der Waals surface area contributed by atoms with Crippen LogP contribution in [0, 0.1) is 6.92 Å². The van der Waals surface area contributed by atoms with Gasteiger partial charge in [-0.25, -0.2) is 0 Å². The average Bonchev–Trinajstić information content (AvgIpc) is 2.78. The van der Waals surface area contributed by atoms with Crippen molar-refractivity contribution in [1.29, 1.82) is 0 Å². The molecule has 0 unspecified atom stereocenters. The highest BCUT2D eigenvalue weighted by Crippen LogP contribution is 2.22. The number of aromatic nitrogens is 1. The van der Waals surface area contributed by atoms with Crippen molar-refractivity contribution in [3.63, 3.8) is 0 Å². The number of aryl methyl sites for hydroxylation is 1. The lowest BCUT2D eigenvalue weighted by atomic mass is 10.1. The van der Waals surface area contributed by atoms with E-state index in [0.29, 0.717) is 5.69 Å². The van der Waals surface area contributed by atoms with Crippen LogP contribution in [0.5, 0.6) is 0 Å². The van der Waals surface area contributed by atoms with E-state index in [1.54, 1.807) is 12.3 Å². The van der Waals surface area contributed by atoms with E-state index in [2.05, 4.69) is 26.2 Å². The zero-order valence-electron chi connectivity index (χ0n) is 11.1. The Morgan fingerprint density at radius 3 is 2.58 bits per heavy atom. The maximum atomic E-state index is 12.0. The number of aromatic amines is 1. The number of benzene rings is 1. The van der Waals surface area contributed by atoms with Crippen LogP contribution in [0.1, 0.15) is 16.1 Å². The molecule has 2 N–H and O–H groups in total. The highest BCUT2D eigenvalue weighted by atomic mass is 79.9. The number of halogens is 1. The summed E-state index contributed by atoms with van der Waals surface area (Å²) in [4.78, 5) is 17.0. The maximum absolute atomic E-state index is 12.0. The first kappa shape index (κ1) is 13.7. The highest BCUT2D eigenvalue weighted by Gasteiger charge is 2.10. The molecule has 4 nitrogen and oxygen atoms in total. The predicted octanol–water partition coefficient (Wildman–Crippen LogP) is 3.40. The monoisotopic (exact) mass is 321 g/mol. The molecule has 1 heterocycles. The van der Waals surface area contributed by atoms with Gasteiger partial charge >= 0.3 is 0 Å². The molecule has 2 rings (SSSR count). The number of rotatable bonds is 3. The Kier molecular flexibility index (Phi) is 3.95. The van der Waals surface area contributed by atoms with E-state index in [1.165, 1.54) is 0 Å². The molecule has 19 heavy (non-hydrogen) atoms. The third-order valence-corrected chi connectivity index (χ3v) is 3.32. The molecule has 0 aliphatic heterocycles. The molecule has 0 spiro atoms. The molecule has 0 fully saturated rings. The standard InChI is InChI=1S/C14H16BrN3O/c1-9-6-11(18(2)3)4-5-12(9)17-14(19)13-7-10(15)8-16-13/h4-8,16H,1-3H3,(H,17,19). The Morgan fingerprint density at radius 1 is 1.32 bits per heavy atom. The van der Waals surface area contributed by atoms with Crippen molar-refractivity contribution < 1.29 is 4.79 Å². The van der Waals surface area contributed by atoms with Gasteiger partial charge in [-0.2, -0.15) is 0 Å². The fourth-order valence-corrected chi connectivity index (χ4v) is 2.10. The number of carbonyl (C=O) groups excluding carboxylic acids is 1. The number of hydrogen-bond donors (Lipinski definition) is 2. The van der Waals surface area contributed by atoms with Crippen molar-refractivity contribution in [3.05, 3.63) is 46.2 Å². The minimum atomic E-state index is -0.147. The quantitative estimate of drug-likeness (QED) is 0.910. The molecule has 100 valence electrons. The average molecular weight is 322 g/mol. The lowest BCUT2D eigenvalue weighted by Gasteiger charge is -2.15. The first-order valence-corrected chi connectivity index (χ1v) is 6.70. The second-order valence-corrected chi connectivity index (χ2v) is 5.50. The summed E-state index contributed by atoms with van der Waals surface area (Å²) in [7, 11) is 3.98. The molecule has 1 aromatic carbocycles. The van der Waals surface area contributed by atoms with Crippen molar-refractivity contribution in [1.82, 2.24) is 4.98 Å². The Balaban J connectivity index is 2.17. The molecule has 0 radical (unpaired) electrons. The molecule has 5 heteroatoms. The normalized spacial score (nSPS) is 10.3. The van der Waals surface area contributed by atoms with Crippen molar-refractivity contribution in [3.8, 4) is 0 Å². The Bertz CT molecular complexity index is 604. The number of nitrogens with one attached hydrogen (secondary N) is 2. The number of amides is 1. The summed E-state index contributed by atoms with van der Waals surface area (Å²) < 4.78 is 0.859. The van der Waals surface area contributed by atoms with Crippen molar-refractivity contribution in [2.45, 2.75) is 6.92 Å². The molecule has 0 bridgehead atoms. The van der Waals surface area contributed by atoms with Crippen molar-refractivity contribution in [2.75, 3.05) is 24.3 Å². The lowest BCUT2D eigenvalue weighted by Crippen LogP contribution is -2.14. The first-order chi connectivity index (χ1) is 8.97. The van der Waals surface area contributed by atoms with Crippen LogP contribution in [-0.2, 0) is 0 Å². The highest BCUT2D eigenvalue weighted by molar-refractivity contribution is 9.10. The Morgan fingerprint density at radius 2 is 2.05 bits per heavy atom. The largest absolute Gasteiger partial charge is 0.378 e. The van der Waals surface area contributed by atoms with E-state index in [-0.39, 0.29) is 5.91 Å². The molecular formula is C14H16BrN3O. The SMILES string of the molecule is Cc1cc(N(C)C)ccc1NC(=O)c1cc(Br)c[nH]1. The van der Waals surface area contributed by atoms with Gasteiger partial charge in [0, 0.05) is 36.1 Å². The van der Waals surface area contributed by atoms with Gasteiger partial charge in [0.05, 0.1) is 0 Å². The van der Waals surface area contributed by atoms with Gasteiger partial charge in [-0.15, -0.1) is 0 Å². The van der Waals surface area contributed by atoms with E-state index < -0.39 is 0 Å². The molecule has 0 atom stereocenters. The summed E-state index contributed by atoms with van der Waals surface area (Å²) in [6.45, 7) is 1.98. The molecule has 0 aliphatic rings. The van der Waals surface area contributed by atoms with Gasteiger partial charge in [-0.1, -0.05) is 0 Å². The second-order valence-electron chi connectivity index (χ2n) is 4.58. The number of anilines is 2. The minimum Gasteiger partial charge on any atom is -0.378 e. The van der Waals surface area contributed by atoms with Gasteiger partial charge in [0.15, 0.2) is 0 Å². The van der Waals surface area contributed by atoms with E-state index in [0.717, 1.165) is 21.4 Å². The first-order valence-electron chi connectivity index (χ1n) is 5.90. The third-order valence-electron chi connectivity index (χ3n) is 2.87. The topological polar surface area (TPSA) is 48.1 Å². The van der Waals surface area contributed by atoms with E-state index in [4.69, 9.17) is 0 Å². The smallest absolute Gasteiger partial charge is 0.272 e.